The highest BCUT2D eigenvalue weighted by atomic mass is 79.9. The molecule has 1 aliphatic rings. The van der Waals surface area contributed by atoms with Crippen LogP contribution in [0.4, 0.5) is 5.95 Å². The molecule has 1 N–H and O–H groups in total. The highest BCUT2D eigenvalue weighted by Gasteiger charge is 2.36. The third-order valence-corrected chi connectivity index (χ3v) is 8.59. The standard InChI is InChI=1S/C30H35BrClN5O5S/c1-6-36(7-2)24(38)16-42-27-21(31)14-20(15-23(27)40-8-3)26-25(28(39)41-9-4)18(5)33-29-34-30(35-37(26)29)43-17-19-12-10-11-13-22(19)32/h10-15,26H,6-9,16-17H2,1-5H3,(H,33,34,35). The van der Waals surface area contributed by atoms with Crippen LogP contribution in [0.5, 0.6) is 11.5 Å². The molecular weight excluding hydrogens is 658 g/mol. The molecule has 13 heteroatoms. The van der Waals surface area contributed by atoms with Crippen molar-refractivity contribution in [3.8, 4) is 11.5 Å². The van der Waals surface area contributed by atoms with E-state index in [0.717, 1.165) is 5.56 Å². The molecular formula is C30H35BrClN5O5S. The number of allylic oxidation sites excluding steroid dienone is 1. The number of halogens is 2. The molecule has 0 radical (unpaired) electrons. The van der Waals surface area contributed by atoms with E-state index in [4.69, 9.17) is 35.9 Å². The van der Waals surface area contributed by atoms with Gasteiger partial charge in [0.05, 0.1) is 23.3 Å². The average Bonchev–Trinajstić information content (AvgIpc) is 3.38. The van der Waals surface area contributed by atoms with Crippen LogP contribution in [0.2, 0.25) is 5.02 Å². The number of ether oxygens (including phenoxy) is 3. The summed E-state index contributed by atoms with van der Waals surface area (Å²) in [6, 6.07) is 10.6. The highest BCUT2D eigenvalue weighted by Crippen LogP contribution is 2.43. The first-order chi connectivity index (χ1) is 20.7. The van der Waals surface area contributed by atoms with E-state index in [1.54, 1.807) is 22.6 Å². The van der Waals surface area contributed by atoms with Crippen molar-refractivity contribution in [2.24, 2.45) is 0 Å². The number of aromatic nitrogens is 3. The SMILES string of the molecule is CCOC(=O)C1=C(C)Nc2nc(SCc3ccccc3Cl)nn2C1c1cc(Br)c(OCC(=O)N(CC)CC)c(OCC)c1. The Hall–Kier alpha value is -3.22. The van der Waals surface area contributed by atoms with Gasteiger partial charge in [-0.05, 0) is 79.9 Å². The first kappa shape index (κ1) is 32.7. The minimum Gasteiger partial charge on any atom is -0.490 e. The quantitative estimate of drug-likeness (QED) is 0.159. The lowest BCUT2D eigenvalue weighted by Crippen LogP contribution is -2.34. The van der Waals surface area contributed by atoms with Crippen molar-refractivity contribution in [1.29, 1.82) is 0 Å². The third kappa shape index (κ3) is 7.47. The number of likely N-dealkylation sites (N-methyl/N-ethyl adjacent to an activating group) is 1. The number of hydrogen-bond donors (Lipinski definition) is 1. The van der Waals surface area contributed by atoms with Crippen LogP contribution in [0.3, 0.4) is 0 Å². The summed E-state index contributed by atoms with van der Waals surface area (Å²) in [5.74, 6) is 1.28. The lowest BCUT2D eigenvalue weighted by molar-refractivity contribution is -0.139. The van der Waals surface area contributed by atoms with Gasteiger partial charge in [0, 0.05) is 29.6 Å². The average molecular weight is 693 g/mol. The van der Waals surface area contributed by atoms with Gasteiger partial charge in [-0.15, -0.1) is 5.10 Å². The van der Waals surface area contributed by atoms with Crippen LogP contribution in [0.15, 0.2) is 57.3 Å². The predicted octanol–water partition coefficient (Wildman–Crippen LogP) is 6.48. The van der Waals surface area contributed by atoms with E-state index in [-0.39, 0.29) is 19.1 Å². The van der Waals surface area contributed by atoms with Gasteiger partial charge in [-0.25, -0.2) is 9.48 Å². The summed E-state index contributed by atoms with van der Waals surface area (Å²) >= 11 is 11.4. The number of benzene rings is 2. The zero-order valence-electron chi connectivity index (χ0n) is 24.8. The van der Waals surface area contributed by atoms with E-state index in [9.17, 15) is 9.59 Å². The van der Waals surface area contributed by atoms with Gasteiger partial charge in [-0.2, -0.15) is 4.98 Å². The number of nitrogens with one attached hydrogen (secondary N) is 1. The first-order valence-corrected chi connectivity index (χ1v) is 16.2. The highest BCUT2D eigenvalue weighted by molar-refractivity contribution is 9.10. The zero-order valence-corrected chi connectivity index (χ0v) is 27.9. The lowest BCUT2D eigenvalue weighted by Gasteiger charge is -2.29. The van der Waals surface area contributed by atoms with Crippen LogP contribution >= 0.6 is 39.3 Å². The van der Waals surface area contributed by atoms with Gasteiger partial charge < -0.3 is 24.4 Å². The molecule has 0 fully saturated rings. The molecule has 2 heterocycles. The van der Waals surface area contributed by atoms with Crippen LogP contribution in [-0.4, -0.2) is 64.5 Å². The van der Waals surface area contributed by atoms with E-state index in [1.165, 1.54) is 11.8 Å². The van der Waals surface area contributed by atoms with Crippen molar-refractivity contribution < 1.29 is 23.8 Å². The molecule has 1 aromatic heterocycles. The Morgan fingerprint density at radius 3 is 2.53 bits per heavy atom. The zero-order chi connectivity index (χ0) is 31.1. The molecule has 0 saturated heterocycles. The lowest BCUT2D eigenvalue weighted by atomic mass is 9.95. The molecule has 1 unspecified atom stereocenters. The predicted molar refractivity (Wildman–Crippen MR) is 171 cm³/mol. The number of anilines is 1. The van der Waals surface area contributed by atoms with E-state index < -0.39 is 12.0 Å². The molecule has 0 saturated carbocycles. The normalized spacial score (nSPS) is 14.2. The molecule has 230 valence electrons. The van der Waals surface area contributed by atoms with Gasteiger partial charge >= 0.3 is 5.97 Å². The van der Waals surface area contributed by atoms with Gasteiger partial charge in [0.2, 0.25) is 11.1 Å². The van der Waals surface area contributed by atoms with Crippen molar-refractivity contribution in [3.05, 3.63) is 68.3 Å². The molecule has 4 rings (SSSR count). The molecule has 2 aromatic carbocycles. The molecule has 1 amide bonds. The number of hydrogen-bond acceptors (Lipinski definition) is 9. The fourth-order valence-corrected chi connectivity index (χ4v) is 6.37. The Morgan fingerprint density at radius 1 is 1.12 bits per heavy atom. The molecule has 3 aromatic rings. The van der Waals surface area contributed by atoms with E-state index in [1.807, 2.05) is 58.0 Å². The molecule has 0 spiro atoms. The smallest absolute Gasteiger partial charge is 0.338 e. The second-order valence-electron chi connectivity index (χ2n) is 9.45. The van der Waals surface area contributed by atoms with Crippen LogP contribution in [0.25, 0.3) is 0 Å². The van der Waals surface area contributed by atoms with Crippen molar-refractivity contribution in [2.75, 3.05) is 38.2 Å². The minimum absolute atomic E-state index is 0.126. The maximum absolute atomic E-state index is 13.3. The third-order valence-electron chi connectivity index (χ3n) is 6.75. The van der Waals surface area contributed by atoms with E-state index in [2.05, 4.69) is 21.2 Å². The number of esters is 1. The molecule has 43 heavy (non-hydrogen) atoms. The molecule has 1 aliphatic heterocycles. The fraction of sp³-hybridized carbons (Fsp3) is 0.400. The second-order valence-corrected chi connectivity index (χ2v) is 11.7. The maximum Gasteiger partial charge on any atom is 0.338 e. The number of carbonyl (C=O) groups excluding carboxylic acids is 2. The number of amides is 1. The largest absolute Gasteiger partial charge is 0.490 e. The van der Waals surface area contributed by atoms with Crippen LogP contribution in [-0.2, 0) is 20.1 Å². The monoisotopic (exact) mass is 691 g/mol. The molecule has 1 atom stereocenters. The Morgan fingerprint density at radius 2 is 1.86 bits per heavy atom. The summed E-state index contributed by atoms with van der Waals surface area (Å²) in [5, 5.41) is 9.20. The van der Waals surface area contributed by atoms with E-state index >= 15 is 0 Å². The Labute approximate surface area is 269 Å². The summed E-state index contributed by atoms with van der Waals surface area (Å²) in [7, 11) is 0. The maximum atomic E-state index is 13.3. The number of fused-ring (bicyclic) bond motifs is 1. The summed E-state index contributed by atoms with van der Waals surface area (Å²) in [6.07, 6.45) is 0. The summed E-state index contributed by atoms with van der Waals surface area (Å²) in [4.78, 5) is 32.4. The van der Waals surface area contributed by atoms with Crippen molar-refractivity contribution in [1.82, 2.24) is 19.7 Å². The van der Waals surface area contributed by atoms with Crippen molar-refractivity contribution in [3.63, 3.8) is 0 Å². The molecule has 0 bridgehead atoms. The Bertz CT molecular complexity index is 1510. The summed E-state index contributed by atoms with van der Waals surface area (Å²) < 4.78 is 19.6. The molecule has 10 nitrogen and oxygen atoms in total. The van der Waals surface area contributed by atoms with Gasteiger partial charge in [-0.3, -0.25) is 4.79 Å². The number of rotatable bonds is 13. The van der Waals surface area contributed by atoms with Gasteiger partial charge in [0.15, 0.2) is 18.1 Å². The van der Waals surface area contributed by atoms with Crippen molar-refractivity contribution in [2.45, 2.75) is 51.6 Å². The van der Waals surface area contributed by atoms with Gasteiger partial charge in [0.1, 0.15) is 6.04 Å². The van der Waals surface area contributed by atoms with Crippen LogP contribution < -0.4 is 14.8 Å². The van der Waals surface area contributed by atoms with E-state index in [0.29, 0.717) is 74.4 Å². The van der Waals surface area contributed by atoms with Crippen LogP contribution in [0, 0.1) is 0 Å². The fourth-order valence-electron chi connectivity index (χ4n) is 4.68. The number of carbonyl (C=O) groups is 2. The topological polar surface area (TPSA) is 108 Å². The molecule has 0 aliphatic carbocycles. The van der Waals surface area contributed by atoms with Gasteiger partial charge in [0.25, 0.3) is 5.91 Å². The number of nitrogens with zero attached hydrogens (tertiary/aromatic N) is 4. The van der Waals surface area contributed by atoms with Gasteiger partial charge in [-0.1, -0.05) is 41.6 Å². The van der Waals surface area contributed by atoms with Crippen molar-refractivity contribution >= 4 is 57.1 Å². The first-order valence-electron chi connectivity index (χ1n) is 14.1. The second kappa shape index (κ2) is 15.0. The van der Waals surface area contributed by atoms with Crippen LogP contribution in [0.1, 0.15) is 51.8 Å². The number of thioether (sulfide) groups is 1. The Balaban J connectivity index is 1.73. The summed E-state index contributed by atoms with van der Waals surface area (Å²) in [5.41, 5.74) is 2.65. The summed E-state index contributed by atoms with van der Waals surface area (Å²) in [6.45, 7) is 10.9. The Kier molecular flexibility index (Phi) is 11.4. The minimum atomic E-state index is -0.681.